The first kappa shape index (κ1) is 14.5. The Morgan fingerprint density at radius 1 is 1.18 bits per heavy atom. The average Bonchev–Trinajstić information content (AvgIpc) is 2.94. The number of halogens is 1. The Balaban J connectivity index is 2.16. The van der Waals surface area contributed by atoms with Gasteiger partial charge in [-0.25, -0.2) is 0 Å². The molecular weight excluding hydrogens is 346 g/mol. The number of aromatic nitrogens is 2. The van der Waals surface area contributed by atoms with Gasteiger partial charge in [0.2, 0.25) is 6.41 Å². The number of fused-ring (bicyclic) bond motifs is 1. The van der Waals surface area contributed by atoms with Gasteiger partial charge in [-0.3, -0.25) is 9.59 Å². The predicted molar refractivity (Wildman–Crippen MR) is 88.1 cm³/mol. The van der Waals surface area contributed by atoms with Gasteiger partial charge in [0, 0.05) is 22.5 Å². The first-order valence-electron chi connectivity index (χ1n) is 6.58. The monoisotopic (exact) mass is 357 g/mol. The third kappa shape index (κ3) is 2.42. The van der Waals surface area contributed by atoms with Crippen molar-refractivity contribution in [2.75, 3.05) is 11.9 Å². The number of carbonyl (C=O) groups excluding carboxylic acids is 2. The van der Waals surface area contributed by atoms with Crippen molar-refractivity contribution in [3.8, 4) is 0 Å². The van der Waals surface area contributed by atoms with Crippen LogP contribution in [0.2, 0.25) is 0 Å². The fourth-order valence-corrected chi connectivity index (χ4v) is 2.49. The molecule has 0 aliphatic heterocycles. The van der Waals surface area contributed by atoms with Crippen LogP contribution in [0.15, 0.2) is 53.0 Å². The molecule has 0 aliphatic rings. The minimum Gasteiger partial charge on any atom is -0.301 e. The summed E-state index contributed by atoms with van der Waals surface area (Å²) in [7, 11) is 1.61. The number of anilines is 1. The van der Waals surface area contributed by atoms with Gasteiger partial charge < -0.3 is 4.90 Å². The molecule has 110 valence electrons. The highest BCUT2D eigenvalue weighted by Crippen LogP contribution is 2.25. The molecule has 0 saturated carbocycles. The maximum atomic E-state index is 12.7. The van der Waals surface area contributed by atoms with E-state index < -0.39 is 0 Å². The molecule has 0 spiro atoms. The van der Waals surface area contributed by atoms with E-state index in [4.69, 9.17) is 0 Å². The van der Waals surface area contributed by atoms with Gasteiger partial charge in [-0.15, -0.1) is 5.10 Å². The van der Waals surface area contributed by atoms with Gasteiger partial charge in [-0.2, -0.15) is 4.68 Å². The van der Waals surface area contributed by atoms with Crippen LogP contribution in [0.3, 0.4) is 0 Å². The van der Waals surface area contributed by atoms with Crippen molar-refractivity contribution in [2.24, 2.45) is 0 Å². The zero-order valence-electron chi connectivity index (χ0n) is 11.7. The molecule has 3 aromatic rings. The number of hydrogen-bond donors (Lipinski definition) is 0. The van der Waals surface area contributed by atoms with Gasteiger partial charge in [0.1, 0.15) is 0 Å². The van der Waals surface area contributed by atoms with Gasteiger partial charge in [0.05, 0.1) is 5.52 Å². The lowest BCUT2D eigenvalue weighted by Crippen LogP contribution is -2.17. The Morgan fingerprint density at radius 2 is 1.86 bits per heavy atom. The van der Waals surface area contributed by atoms with Gasteiger partial charge in [0.15, 0.2) is 5.82 Å². The molecule has 0 bridgehead atoms. The lowest BCUT2D eigenvalue weighted by atomic mass is 10.2. The zero-order chi connectivity index (χ0) is 15.7. The first-order valence-corrected chi connectivity index (χ1v) is 7.37. The minimum atomic E-state index is -0.241. The summed E-state index contributed by atoms with van der Waals surface area (Å²) < 4.78 is 2.23. The summed E-state index contributed by atoms with van der Waals surface area (Å²) >= 11 is 3.34. The summed E-state index contributed by atoms with van der Waals surface area (Å²) in [6.45, 7) is 0. The van der Waals surface area contributed by atoms with Crippen LogP contribution in [0, 0.1) is 0 Å². The maximum absolute atomic E-state index is 12.7. The second-order valence-corrected chi connectivity index (χ2v) is 5.70. The van der Waals surface area contributed by atoms with E-state index in [1.165, 1.54) is 9.58 Å². The number of rotatable bonds is 3. The Morgan fingerprint density at radius 3 is 2.55 bits per heavy atom. The Hall–Kier alpha value is -2.47. The molecule has 0 unspecified atom stereocenters. The van der Waals surface area contributed by atoms with Crippen molar-refractivity contribution in [2.45, 2.75) is 0 Å². The molecular formula is C16H12BrN3O2. The van der Waals surface area contributed by atoms with E-state index in [0.717, 1.165) is 9.86 Å². The molecule has 0 saturated heterocycles. The summed E-state index contributed by atoms with van der Waals surface area (Å²) in [4.78, 5) is 25.1. The van der Waals surface area contributed by atoms with Crippen LogP contribution >= 0.6 is 15.9 Å². The van der Waals surface area contributed by atoms with Gasteiger partial charge in [-0.1, -0.05) is 28.1 Å². The van der Waals surface area contributed by atoms with Crippen molar-refractivity contribution in [1.82, 2.24) is 9.78 Å². The SMILES string of the molecule is CN(C=O)c1nn(C(=O)c2ccc(Br)cc2)c2ccccc12. The fourth-order valence-electron chi connectivity index (χ4n) is 2.23. The molecule has 5 nitrogen and oxygen atoms in total. The van der Waals surface area contributed by atoms with E-state index in [-0.39, 0.29) is 5.91 Å². The van der Waals surface area contributed by atoms with Gasteiger partial charge >= 0.3 is 0 Å². The van der Waals surface area contributed by atoms with Crippen LogP contribution in [0.5, 0.6) is 0 Å². The third-order valence-corrected chi connectivity index (χ3v) is 3.87. The molecule has 0 aliphatic carbocycles. The van der Waals surface area contributed by atoms with Crippen molar-refractivity contribution in [3.05, 3.63) is 58.6 Å². The molecule has 1 heterocycles. The van der Waals surface area contributed by atoms with Crippen LogP contribution in [0.4, 0.5) is 5.82 Å². The van der Waals surface area contributed by atoms with E-state index in [9.17, 15) is 9.59 Å². The van der Waals surface area contributed by atoms with Gasteiger partial charge in [0.25, 0.3) is 5.91 Å². The number of para-hydroxylation sites is 1. The van der Waals surface area contributed by atoms with E-state index in [2.05, 4.69) is 21.0 Å². The van der Waals surface area contributed by atoms with Crippen LogP contribution in [-0.2, 0) is 4.79 Å². The molecule has 0 N–H and O–H groups in total. The molecule has 0 atom stereocenters. The van der Waals surface area contributed by atoms with Crippen molar-refractivity contribution >= 4 is 45.0 Å². The fraction of sp³-hybridized carbons (Fsp3) is 0.0625. The molecule has 1 aromatic heterocycles. The Kier molecular flexibility index (Phi) is 3.77. The summed E-state index contributed by atoms with van der Waals surface area (Å²) in [5.74, 6) is 0.213. The van der Waals surface area contributed by atoms with E-state index in [1.807, 2.05) is 18.2 Å². The highest BCUT2D eigenvalue weighted by Gasteiger charge is 2.18. The van der Waals surface area contributed by atoms with Crippen LogP contribution in [0.25, 0.3) is 10.9 Å². The maximum Gasteiger partial charge on any atom is 0.278 e. The standard InChI is InChI=1S/C16H12BrN3O2/c1-19(10-21)15-13-4-2-3-5-14(13)20(18-15)16(22)11-6-8-12(17)9-7-11/h2-10H,1H3. The summed E-state index contributed by atoms with van der Waals surface area (Å²) in [6.07, 6.45) is 0.670. The molecule has 0 fully saturated rings. The summed E-state index contributed by atoms with van der Waals surface area (Å²) in [5, 5.41) is 5.06. The smallest absolute Gasteiger partial charge is 0.278 e. The third-order valence-electron chi connectivity index (χ3n) is 3.34. The highest BCUT2D eigenvalue weighted by atomic mass is 79.9. The predicted octanol–water partition coefficient (Wildman–Crippen LogP) is 3.08. The first-order chi connectivity index (χ1) is 10.6. The molecule has 3 rings (SSSR count). The normalized spacial score (nSPS) is 10.6. The average molecular weight is 358 g/mol. The molecule has 6 heteroatoms. The van der Waals surface area contributed by atoms with Gasteiger partial charge in [-0.05, 0) is 36.4 Å². The lowest BCUT2D eigenvalue weighted by Gasteiger charge is -2.06. The van der Waals surface area contributed by atoms with Crippen molar-refractivity contribution in [1.29, 1.82) is 0 Å². The Labute approximate surface area is 135 Å². The summed E-state index contributed by atoms with van der Waals surface area (Å²) in [5.41, 5.74) is 1.19. The van der Waals surface area contributed by atoms with E-state index >= 15 is 0 Å². The second kappa shape index (κ2) is 5.73. The van der Waals surface area contributed by atoms with E-state index in [0.29, 0.717) is 23.3 Å². The zero-order valence-corrected chi connectivity index (χ0v) is 13.3. The second-order valence-electron chi connectivity index (χ2n) is 4.78. The van der Waals surface area contributed by atoms with Crippen LogP contribution in [0.1, 0.15) is 10.4 Å². The summed E-state index contributed by atoms with van der Waals surface area (Å²) in [6, 6.07) is 14.4. The number of nitrogens with zero attached hydrogens (tertiary/aromatic N) is 3. The number of benzene rings is 2. The minimum absolute atomic E-state index is 0.241. The molecule has 0 radical (unpaired) electrons. The van der Waals surface area contributed by atoms with Crippen molar-refractivity contribution < 1.29 is 9.59 Å². The largest absolute Gasteiger partial charge is 0.301 e. The molecule has 2 aromatic carbocycles. The van der Waals surface area contributed by atoms with Crippen LogP contribution in [-0.4, -0.2) is 29.1 Å². The number of hydrogen-bond acceptors (Lipinski definition) is 3. The topological polar surface area (TPSA) is 55.2 Å². The lowest BCUT2D eigenvalue weighted by molar-refractivity contribution is -0.107. The quantitative estimate of drug-likeness (QED) is 0.676. The Bertz CT molecular complexity index is 855. The molecule has 1 amide bonds. The highest BCUT2D eigenvalue weighted by molar-refractivity contribution is 9.10. The molecule has 22 heavy (non-hydrogen) atoms. The number of amides is 1. The van der Waals surface area contributed by atoms with Crippen molar-refractivity contribution in [3.63, 3.8) is 0 Å². The van der Waals surface area contributed by atoms with Crippen LogP contribution < -0.4 is 4.90 Å². The van der Waals surface area contributed by atoms with E-state index in [1.54, 1.807) is 37.4 Å². The number of carbonyl (C=O) groups is 2.